The van der Waals surface area contributed by atoms with E-state index in [1.807, 2.05) is 56.6 Å². The molecule has 3 aliphatic heterocycles. The van der Waals surface area contributed by atoms with E-state index in [4.69, 9.17) is 9.97 Å². The normalized spacial score (nSPS) is 18.5. The third-order valence-corrected chi connectivity index (χ3v) is 8.15. The van der Waals surface area contributed by atoms with Crippen LogP contribution in [-0.2, 0) is 12.1 Å². The lowest BCUT2D eigenvalue weighted by Gasteiger charge is -2.56. The molecule has 8 rings (SSSR count). The summed E-state index contributed by atoms with van der Waals surface area (Å²) in [4.78, 5) is 23.7. The van der Waals surface area contributed by atoms with Gasteiger partial charge < -0.3 is 15.3 Å². The van der Waals surface area contributed by atoms with Crippen molar-refractivity contribution in [3.05, 3.63) is 83.7 Å². The molecule has 5 aromatic heterocycles. The van der Waals surface area contributed by atoms with Crippen molar-refractivity contribution in [1.82, 2.24) is 44.8 Å². The van der Waals surface area contributed by atoms with E-state index in [9.17, 15) is 5.11 Å². The fourth-order valence-electron chi connectivity index (χ4n) is 6.01. The smallest absolute Gasteiger partial charge is 0.163 e. The lowest BCUT2D eigenvalue weighted by molar-refractivity contribution is -0.00875. The van der Waals surface area contributed by atoms with Crippen LogP contribution < -0.4 is 10.2 Å². The van der Waals surface area contributed by atoms with Crippen LogP contribution in [0.1, 0.15) is 42.9 Å². The van der Waals surface area contributed by atoms with E-state index < -0.39 is 5.60 Å². The van der Waals surface area contributed by atoms with Crippen LogP contribution in [0.2, 0.25) is 0 Å². The number of hydrogen-bond acceptors (Lipinski definition) is 10. The highest BCUT2D eigenvalue weighted by atomic mass is 16.3. The van der Waals surface area contributed by atoms with Crippen molar-refractivity contribution in [3.8, 4) is 17.2 Å². The molecule has 0 spiro atoms. The van der Waals surface area contributed by atoms with Crippen LogP contribution in [-0.4, -0.2) is 75.1 Å². The third kappa shape index (κ3) is 5.46. The van der Waals surface area contributed by atoms with Crippen LogP contribution in [0.25, 0.3) is 17.2 Å². The van der Waals surface area contributed by atoms with Crippen molar-refractivity contribution in [2.24, 2.45) is 0 Å². The number of aliphatic hydroxyl groups is 1. The molecule has 3 fully saturated rings. The Kier molecular flexibility index (Phi) is 6.66. The van der Waals surface area contributed by atoms with Crippen LogP contribution in [0.5, 0.6) is 0 Å². The first-order valence-corrected chi connectivity index (χ1v) is 14.5. The lowest BCUT2D eigenvalue weighted by atomic mass is 9.87. The zero-order valence-corrected chi connectivity index (χ0v) is 24.7. The van der Waals surface area contributed by atoms with Crippen LogP contribution in [0.15, 0.2) is 61.1 Å². The van der Waals surface area contributed by atoms with E-state index in [1.54, 1.807) is 24.7 Å². The van der Waals surface area contributed by atoms with Gasteiger partial charge >= 0.3 is 0 Å². The first kappa shape index (κ1) is 27.2. The Hall–Kier alpha value is -4.68. The molecule has 3 saturated heterocycles. The molecule has 12 heteroatoms. The molecule has 3 N–H and O–H groups in total. The van der Waals surface area contributed by atoms with Gasteiger partial charge in [0.2, 0.25) is 0 Å². The minimum absolute atomic E-state index is 0.479. The summed E-state index contributed by atoms with van der Waals surface area (Å²) in [5.74, 6) is 3.72. The number of fused-ring (bicyclic) bond motifs is 2. The van der Waals surface area contributed by atoms with E-state index in [0.29, 0.717) is 35.2 Å². The Morgan fingerprint density at radius 2 is 1.74 bits per heavy atom. The summed E-state index contributed by atoms with van der Waals surface area (Å²) in [6.07, 6.45) is 6.67. The zero-order chi connectivity index (χ0) is 29.7. The molecule has 0 aromatic carbocycles. The SMILES string of the molecule is Cc1cc(Nc2cc(C)[nH]n2)nc(-c2ccc(N3CC4CC(C3)N4Cc3ccc(-n4nccc4C(C)(C)O)nc3)nc2)n1. The summed E-state index contributed by atoms with van der Waals surface area (Å²) in [5.41, 5.74) is 3.60. The predicted octanol–water partition coefficient (Wildman–Crippen LogP) is 3.89. The molecule has 2 atom stereocenters. The number of nitrogens with one attached hydrogen (secondary N) is 2. The summed E-state index contributed by atoms with van der Waals surface area (Å²) >= 11 is 0. The summed E-state index contributed by atoms with van der Waals surface area (Å²) in [7, 11) is 0. The molecular formula is C31H35N11O. The summed E-state index contributed by atoms with van der Waals surface area (Å²) in [5, 5.41) is 25.2. The molecule has 2 unspecified atom stereocenters. The Morgan fingerprint density at radius 1 is 0.953 bits per heavy atom. The van der Waals surface area contributed by atoms with Gasteiger partial charge in [-0.15, -0.1) is 0 Å². The number of rotatable bonds is 8. The monoisotopic (exact) mass is 577 g/mol. The van der Waals surface area contributed by atoms with E-state index in [1.165, 1.54) is 12.0 Å². The van der Waals surface area contributed by atoms with E-state index in [0.717, 1.165) is 48.2 Å². The van der Waals surface area contributed by atoms with Crippen molar-refractivity contribution in [3.63, 3.8) is 0 Å². The van der Waals surface area contributed by atoms with Gasteiger partial charge in [0.1, 0.15) is 17.2 Å². The zero-order valence-electron chi connectivity index (χ0n) is 24.7. The molecule has 5 aromatic rings. The van der Waals surface area contributed by atoms with E-state index in [2.05, 4.69) is 52.5 Å². The van der Waals surface area contributed by atoms with Gasteiger partial charge in [-0.05, 0) is 63.9 Å². The van der Waals surface area contributed by atoms with Gasteiger partial charge in [-0.25, -0.2) is 24.6 Å². The van der Waals surface area contributed by atoms with Crippen LogP contribution >= 0.6 is 0 Å². The molecule has 0 amide bonds. The quantitative estimate of drug-likeness (QED) is 0.249. The average Bonchev–Trinajstić information content (AvgIpc) is 3.65. The van der Waals surface area contributed by atoms with Crippen molar-refractivity contribution in [2.45, 2.75) is 58.3 Å². The molecule has 220 valence electrons. The summed E-state index contributed by atoms with van der Waals surface area (Å²) in [6, 6.07) is 14.8. The maximum atomic E-state index is 10.4. The summed E-state index contributed by atoms with van der Waals surface area (Å²) < 4.78 is 1.70. The van der Waals surface area contributed by atoms with Crippen molar-refractivity contribution < 1.29 is 5.11 Å². The van der Waals surface area contributed by atoms with Gasteiger partial charge in [-0.1, -0.05) is 6.07 Å². The Bertz CT molecular complexity index is 1720. The standard InChI is InChI=1S/C31H35N11O/c1-19-11-26(36-27-12-20(2)38-39-27)37-30(35-19)22-6-8-28(33-15-22)40-17-23-13-24(18-40)41(23)16-21-5-7-29(32-14-21)42-25(9-10-34-42)31(3,4)43/h5-12,14-15,23-24,43H,13,16-18H2,1-4H3,(H2,35,36,37,38,39). The number of piperazine rings is 1. The fourth-order valence-corrected chi connectivity index (χ4v) is 6.01. The number of aromatic amines is 1. The first-order chi connectivity index (χ1) is 20.7. The molecule has 8 heterocycles. The lowest BCUT2D eigenvalue weighted by Crippen LogP contribution is -2.68. The Balaban J connectivity index is 0.986. The topological polar surface area (TPSA) is 137 Å². The molecule has 12 nitrogen and oxygen atoms in total. The van der Waals surface area contributed by atoms with Gasteiger partial charge in [-0.3, -0.25) is 10.00 Å². The van der Waals surface area contributed by atoms with Gasteiger partial charge in [0.15, 0.2) is 17.5 Å². The number of piperidine rings is 1. The van der Waals surface area contributed by atoms with Gasteiger partial charge in [0.25, 0.3) is 0 Å². The molecule has 0 saturated carbocycles. The molecule has 0 aliphatic carbocycles. The van der Waals surface area contributed by atoms with Crippen molar-refractivity contribution >= 4 is 17.5 Å². The molecule has 43 heavy (non-hydrogen) atoms. The highest BCUT2D eigenvalue weighted by Crippen LogP contribution is 2.35. The molecular weight excluding hydrogens is 542 g/mol. The number of aromatic nitrogens is 8. The maximum Gasteiger partial charge on any atom is 0.163 e. The van der Waals surface area contributed by atoms with Crippen LogP contribution in [0.3, 0.4) is 0 Å². The minimum Gasteiger partial charge on any atom is -0.384 e. The number of anilines is 3. The Labute approximate surface area is 249 Å². The molecule has 3 aliphatic rings. The number of H-pyrrole nitrogens is 1. The van der Waals surface area contributed by atoms with E-state index in [-0.39, 0.29) is 0 Å². The second-order valence-corrected chi connectivity index (χ2v) is 12.0. The minimum atomic E-state index is -0.998. The maximum absolute atomic E-state index is 10.4. The molecule has 0 radical (unpaired) electrons. The highest BCUT2D eigenvalue weighted by Gasteiger charge is 2.44. The Morgan fingerprint density at radius 3 is 2.42 bits per heavy atom. The van der Waals surface area contributed by atoms with Crippen molar-refractivity contribution in [2.75, 3.05) is 23.3 Å². The number of pyridine rings is 2. The third-order valence-electron chi connectivity index (χ3n) is 8.15. The number of aryl methyl sites for hydroxylation is 2. The van der Waals surface area contributed by atoms with Gasteiger partial charge in [0.05, 0.1) is 5.69 Å². The van der Waals surface area contributed by atoms with Gasteiger partial charge in [-0.2, -0.15) is 10.2 Å². The predicted molar refractivity (Wildman–Crippen MR) is 163 cm³/mol. The summed E-state index contributed by atoms with van der Waals surface area (Å²) in [6.45, 7) is 10.2. The largest absolute Gasteiger partial charge is 0.384 e. The number of nitrogens with zero attached hydrogens (tertiary/aromatic N) is 9. The van der Waals surface area contributed by atoms with E-state index >= 15 is 0 Å². The van der Waals surface area contributed by atoms with Crippen LogP contribution in [0.4, 0.5) is 17.5 Å². The van der Waals surface area contributed by atoms with Gasteiger partial charge in [0, 0.05) is 79.4 Å². The first-order valence-electron chi connectivity index (χ1n) is 14.5. The second kappa shape index (κ2) is 10.5. The number of hydrogen-bond donors (Lipinski definition) is 3. The van der Waals surface area contributed by atoms with Crippen molar-refractivity contribution in [1.29, 1.82) is 0 Å². The molecule has 2 bridgehead atoms. The average molecular weight is 578 g/mol. The van der Waals surface area contributed by atoms with Crippen LogP contribution in [0, 0.1) is 13.8 Å². The highest BCUT2D eigenvalue weighted by molar-refractivity contribution is 5.61. The second-order valence-electron chi connectivity index (χ2n) is 12.0. The fraction of sp³-hybridized carbons (Fsp3) is 0.355.